The molecule has 0 unspecified atom stereocenters. The topological polar surface area (TPSA) is 38.8 Å². The van der Waals surface area contributed by atoms with Crippen LogP contribution in [0.4, 0.5) is 0 Å². The summed E-state index contributed by atoms with van der Waals surface area (Å²) in [6.45, 7) is 13.9. The van der Waals surface area contributed by atoms with Crippen LogP contribution in [0.5, 0.6) is 0 Å². The average Bonchev–Trinajstić information content (AvgIpc) is 2.43. The molecule has 5 heteroatoms. The standard InChI is InChI=1S/C15H30N4O/c1-3-18(4-2)15(20)6-5-9-17-12-14(13-17)19-10-7-16-8-11-19/h14,16H,3-13H2,1-2H3. The molecule has 116 valence electrons. The number of carbonyl (C=O) groups excluding carboxylic acids is 1. The van der Waals surface area contributed by atoms with Crippen molar-refractivity contribution in [2.45, 2.75) is 32.7 Å². The highest BCUT2D eigenvalue weighted by atomic mass is 16.2. The van der Waals surface area contributed by atoms with Gasteiger partial charge in [0.05, 0.1) is 0 Å². The Labute approximate surface area is 123 Å². The van der Waals surface area contributed by atoms with Crippen molar-refractivity contribution in [3.63, 3.8) is 0 Å². The Balaban J connectivity index is 1.55. The molecule has 2 heterocycles. The van der Waals surface area contributed by atoms with Gasteiger partial charge in [0.1, 0.15) is 0 Å². The van der Waals surface area contributed by atoms with Crippen LogP contribution in [0.2, 0.25) is 0 Å². The molecule has 0 saturated carbocycles. The van der Waals surface area contributed by atoms with Gasteiger partial charge in [-0.1, -0.05) is 0 Å². The normalized spacial score (nSPS) is 21.7. The Kier molecular flexibility index (Phi) is 6.26. The van der Waals surface area contributed by atoms with E-state index >= 15 is 0 Å². The van der Waals surface area contributed by atoms with E-state index in [1.807, 2.05) is 4.90 Å². The van der Waals surface area contributed by atoms with Crippen LogP contribution < -0.4 is 5.32 Å². The zero-order valence-electron chi connectivity index (χ0n) is 13.1. The minimum atomic E-state index is 0.314. The molecular weight excluding hydrogens is 252 g/mol. The van der Waals surface area contributed by atoms with Crippen LogP contribution in [-0.2, 0) is 4.79 Å². The highest BCUT2D eigenvalue weighted by molar-refractivity contribution is 5.76. The molecule has 2 aliphatic heterocycles. The van der Waals surface area contributed by atoms with Gasteiger partial charge in [-0.05, 0) is 26.8 Å². The maximum Gasteiger partial charge on any atom is 0.222 e. The summed E-state index contributed by atoms with van der Waals surface area (Å²) in [6.07, 6.45) is 1.71. The molecule has 5 nitrogen and oxygen atoms in total. The minimum absolute atomic E-state index is 0.314. The summed E-state index contributed by atoms with van der Waals surface area (Å²) >= 11 is 0. The third-order valence-electron chi connectivity index (χ3n) is 4.59. The number of likely N-dealkylation sites (tertiary alicyclic amines) is 1. The van der Waals surface area contributed by atoms with Crippen molar-refractivity contribution in [2.24, 2.45) is 0 Å². The number of rotatable bonds is 7. The Bertz CT molecular complexity index is 294. The second kappa shape index (κ2) is 7.96. The SMILES string of the molecule is CCN(CC)C(=O)CCCN1CC(N2CCNCC2)C1. The van der Waals surface area contributed by atoms with Crippen molar-refractivity contribution in [1.29, 1.82) is 0 Å². The summed E-state index contributed by atoms with van der Waals surface area (Å²) in [4.78, 5) is 18.9. The van der Waals surface area contributed by atoms with E-state index < -0.39 is 0 Å². The third-order valence-corrected chi connectivity index (χ3v) is 4.59. The summed E-state index contributed by atoms with van der Waals surface area (Å²) in [5, 5.41) is 3.40. The molecule has 0 aromatic heterocycles. The number of piperazine rings is 1. The van der Waals surface area contributed by atoms with E-state index in [-0.39, 0.29) is 0 Å². The van der Waals surface area contributed by atoms with Crippen molar-refractivity contribution in [1.82, 2.24) is 20.0 Å². The lowest BCUT2D eigenvalue weighted by Crippen LogP contribution is -2.62. The monoisotopic (exact) mass is 282 g/mol. The van der Waals surface area contributed by atoms with Gasteiger partial charge >= 0.3 is 0 Å². The molecule has 0 radical (unpaired) electrons. The second-order valence-corrected chi connectivity index (χ2v) is 5.87. The van der Waals surface area contributed by atoms with E-state index in [0.29, 0.717) is 12.3 Å². The Morgan fingerprint density at radius 2 is 1.85 bits per heavy atom. The largest absolute Gasteiger partial charge is 0.343 e. The van der Waals surface area contributed by atoms with Crippen LogP contribution in [-0.4, -0.2) is 85.6 Å². The number of hydrogen-bond acceptors (Lipinski definition) is 4. The fraction of sp³-hybridized carbons (Fsp3) is 0.933. The van der Waals surface area contributed by atoms with Crippen molar-refractivity contribution in [2.75, 3.05) is 58.9 Å². The summed E-state index contributed by atoms with van der Waals surface area (Å²) in [7, 11) is 0. The first-order valence-electron chi connectivity index (χ1n) is 8.19. The second-order valence-electron chi connectivity index (χ2n) is 5.87. The zero-order chi connectivity index (χ0) is 14.4. The smallest absolute Gasteiger partial charge is 0.222 e. The molecule has 2 rings (SSSR count). The fourth-order valence-corrected chi connectivity index (χ4v) is 3.19. The first-order valence-corrected chi connectivity index (χ1v) is 8.19. The molecule has 2 fully saturated rings. The molecule has 0 bridgehead atoms. The molecule has 0 atom stereocenters. The average molecular weight is 282 g/mol. The van der Waals surface area contributed by atoms with Gasteiger partial charge in [0, 0.05) is 64.8 Å². The van der Waals surface area contributed by atoms with E-state index in [4.69, 9.17) is 0 Å². The molecule has 0 aromatic rings. The minimum Gasteiger partial charge on any atom is -0.343 e. The van der Waals surface area contributed by atoms with Gasteiger partial charge in [-0.25, -0.2) is 0 Å². The lowest BCUT2D eigenvalue weighted by atomic mass is 10.1. The summed E-state index contributed by atoms with van der Waals surface area (Å²) in [5.41, 5.74) is 0. The molecule has 1 amide bonds. The highest BCUT2D eigenvalue weighted by Crippen LogP contribution is 2.16. The van der Waals surface area contributed by atoms with Gasteiger partial charge < -0.3 is 15.1 Å². The van der Waals surface area contributed by atoms with E-state index in [2.05, 4.69) is 29.0 Å². The summed E-state index contributed by atoms with van der Waals surface area (Å²) < 4.78 is 0. The van der Waals surface area contributed by atoms with E-state index in [9.17, 15) is 4.79 Å². The number of nitrogens with one attached hydrogen (secondary N) is 1. The van der Waals surface area contributed by atoms with Gasteiger partial charge in [0.25, 0.3) is 0 Å². The van der Waals surface area contributed by atoms with Gasteiger partial charge in [-0.2, -0.15) is 0 Å². The van der Waals surface area contributed by atoms with Gasteiger partial charge in [-0.15, -0.1) is 0 Å². The predicted molar refractivity (Wildman–Crippen MR) is 81.8 cm³/mol. The van der Waals surface area contributed by atoms with E-state index in [0.717, 1.165) is 45.2 Å². The fourth-order valence-electron chi connectivity index (χ4n) is 3.19. The van der Waals surface area contributed by atoms with Crippen LogP contribution in [0.3, 0.4) is 0 Å². The maximum absolute atomic E-state index is 11.9. The van der Waals surface area contributed by atoms with Gasteiger partial charge in [0.2, 0.25) is 5.91 Å². The quantitative estimate of drug-likeness (QED) is 0.725. The lowest BCUT2D eigenvalue weighted by Gasteiger charge is -2.47. The van der Waals surface area contributed by atoms with Crippen LogP contribution in [0.1, 0.15) is 26.7 Å². The molecule has 2 aliphatic rings. The number of carbonyl (C=O) groups is 1. The number of nitrogens with zero attached hydrogens (tertiary/aromatic N) is 3. The first-order chi connectivity index (χ1) is 9.74. The Morgan fingerprint density at radius 3 is 2.45 bits per heavy atom. The summed E-state index contributed by atoms with van der Waals surface area (Å²) in [5.74, 6) is 0.314. The van der Waals surface area contributed by atoms with Crippen LogP contribution in [0, 0.1) is 0 Å². The van der Waals surface area contributed by atoms with Crippen molar-refractivity contribution >= 4 is 5.91 Å². The van der Waals surface area contributed by atoms with E-state index in [1.54, 1.807) is 0 Å². The van der Waals surface area contributed by atoms with Crippen molar-refractivity contribution < 1.29 is 4.79 Å². The Hall–Kier alpha value is -0.650. The first kappa shape index (κ1) is 15.7. The molecule has 0 aromatic carbocycles. The maximum atomic E-state index is 11.9. The molecule has 1 N–H and O–H groups in total. The van der Waals surface area contributed by atoms with Crippen LogP contribution in [0.15, 0.2) is 0 Å². The molecule has 0 aliphatic carbocycles. The number of amides is 1. The molecular formula is C15H30N4O. The zero-order valence-corrected chi connectivity index (χ0v) is 13.1. The van der Waals surface area contributed by atoms with Crippen LogP contribution in [0.25, 0.3) is 0 Å². The predicted octanol–water partition coefficient (Wildman–Crippen LogP) is 0.224. The third kappa shape index (κ3) is 4.17. The highest BCUT2D eigenvalue weighted by Gasteiger charge is 2.31. The van der Waals surface area contributed by atoms with Crippen molar-refractivity contribution in [3.8, 4) is 0 Å². The Morgan fingerprint density at radius 1 is 1.20 bits per heavy atom. The van der Waals surface area contributed by atoms with Crippen molar-refractivity contribution in [3.05, 3.63) is 0 Å². The molecule has 2 saturated heterocycles. The van der Waals surface area contributed by atoms with Gasteiger partial charge in [-0.3, -0.25) is 9.69 Å². The lowest BCUT2D eigenvalue weighted by molar-refractivity contribution is -0.131. The molecule has 20 heavy (non-hydrogen) atoms. The van der Waals surface area contributed by atoms with Crippen LogP contribution >= 0.6 is 0 Å². The van der Waals surface area contributed by atoms with Gasteiger partial charge in [0.15, 0.2) is 0 Å². The number of hydrogen-bond donors (Lipinski definition) is 1. The molecule has 0 spiro atoms. The summed E-state index contributed by atoms with van der Waals surface area (Å²) in [6, 6.07) is 0.760. The van der Waals surface area contributed by atoms with E-state index in [1.165, 1.54) is 26.2 Å².